The molecule has 1 amide bonds. The van der Waals surface area contributed by atoms with Gasteiger partial charge in [0.2, 0.25) is 11.7 Å². The number of ketones is 1. The van der Waals surface area contributed by atoms with Gasteiger partial charge in [-0.3, -0.25) is 9.59 Å². The molecule has 7 nitrogen and oxygen atoms in total. The molecule has 0 aromatic heterocycles. The van der Waals surface area contributed by atoms with E-state index in [2.05, 4.69) is 0 Å². The number of hydrogen-bond acceptors (Lipinski definition) is 6. The number of carbonyl (C=O) groups excluding carboxylic acids is 3. The molecule has 1 unspecified atom stereocenters. The Morgan fingerprint density at radius 2 is 1.75 bits per heavy atom. The average Bonchev–Trinajstić information content (AvgIpc) is 3.21. The molecule has 0 saturated heterocycles. The van der Waals surface area contributed by atoms with E-state index >= 15 is 0 Å². The molecule has 0 saturated carbocycles. The Kier molecular flexibility index (Phi) is 7.51. The zero-order chi connectivity index (χ0) is 23.3. The standard InChI is InChI=1S/C25H29NO6/c1-5-13-31-22-10-8-20(15-23(22)30-6-2)25(29)32-16(3)24(28)19-7-9-21-18(14-19)11-12-26(21)17(4)27/h7-10,14-16H,5-6,11-13H2,1-4H3. The highest BCUT2D eigenvalue weighted by molar-refractivity contribution is 6.02. The molecule has 170 valence electrons. The van der Waals surface area contributed by atoms with Gasteiger partial charge in [-0.1, -0.05) is 6.92 Å². The fourth-order valence-electron chi connectivity index (χ4n) is 3.63. The number of benzene rings is 2. The summed E-state index contributed by atoms with van der Waals surface area (Å²) in [6.45, 7) is 8.50. The van der Waals surface area contributed by atoms with E-state index in [0.717, 1.165) is 17.7 Å². The predicted octanol–water partition coefficient (Wildman–Crippen LogP) is 4.21. The Bertz CT molecular complexity index is 1020. The molecule has 3 rings (SSSR count). The number of esters is 1. The quantitative estimate of drug-likeness (QED) is 0.430. The van der Waals surface area contributed by atoms with E-state index in [0.29, 0.717) is 43.2 Å². The molecule has 1 aliphatic rings. The van der Waals surface area contributed by atoms with Crippen molar-refractivity contribution in [1.29, 1.82) is 0 Å². The molecule has 0 aliphatic carbocycles. The molecule has 0 fully saturated rings. The number of carbonyl (C=O) groups is 3. The van der Waals surface area contributed by atoms with Gasteiger partial charge in [-0.15, -0.1) is 0 Å². The van der Waals surface area contributed by atoms with Crippen LogP contribution in [0.15, 0.2) is 36.4 Å². The largest absolute Gasteiger partial charge is 0.490 e. The van der Waals surface area contributed by atoms with Crippen LogP contribution >= 0.6 is 0 Å². The normalized spacial score (nSPS) is 13.3. The van der Waals surface area contributed by atoms with Crippen LogP contribution in [0.4, 0.5) is 5.69 Å². The van der Waals surface area contributed by atoms with Crippen molar-refractivity contribution < 1.29 is 28.6 Å². The monoisotopic (exact) mass is 439 g/mol. The van der Waals surface area contributed by atoms with Crippen LogP contribution in [0, 0.1) is 0 Å². The molecule has 0 bridgehead atoms. The van der Waals surface area contributed by atoms with Gasteiger partial charge in [0, 0.05) is 24.7 Å². The van der Waals surface area contributed by atoms with Gasteiger partial charge in [0.15, 0.2) is 17.6 Å². The lowest BCUT2D eigenvalue weighted by atomic mass is 10.0. The van der Waals surface area contributed by atoms with Crippen LogP contribution in [0.25, 0.3) is 0 Å². The first-order valence-electron chi connectivity index (χ1n) is 10.9. The summed E-state index contributed by atoms with van der Waals surface area (Å²) in [5.41, 5.74) is 2.50. The summed E-state index contributed by atoms with van der Waals surface area (Å²) in [7, 11) is 0. The van der Waals surface area contributed by atoms with Crippen molar-refractivity contribution in [3.63, 3.8) is 0 Å². The van der Waals surface area contributed by atoms with Crippen LogP contribution in [-0.4, -0.2) is 43.5 Å². The second-order valence-corrected chi connectivity index (χ2v) is 7.62. The third kappa shape index (κ3) is 5.10. The Morgan fingerprint density at radius 3 is 2.44 bits per heavy atom. The third-order valence-electron chi connectivity index (χ3n) is 5.23. The fraction of sp³-hybridized carbons (Fsp3) is 0.400. The van der Waals surface area contributed by atoms with Gasteiger partial charge in [0.05, 0.1) is 18.8 Å². The van der Waals surface area contributed by atoms with Crippen LogP contribution in [0.2, 0.25) is 0 Å². The topological polar surface area (TPSA) is 82.1 Å². The maximum atomic E-state index is 12.9. The van der Waals surface area contributed by atoms with Gasteiger partial charge in [0.25, 0.3) is 0 Å². The predicted molar refractivity (Wildman–Crippen MR) is 121 cm³/mol. The van der Waals surface area contributed by atoms with Gasteiger partial charge in [-0.2, -0.15) is 0 Å². The fourth-order valence-corrected chi connectivity index (χ4v) is 3.63. The van der Waals surface area contributed by atoms with Crippen molar-refractivity contribution in [2.75, 3.05) is 24.7 Å². The summed E-state index contributed by atoms with van der Waals surface area (Å²) in [5.74, 6) is 0.0888. The molecular formula is C25H29NO6. The number of Topliss-reactive ketones (excluding diaryl/α,β-unsaturated/α-hetero) is 1. The minimum atomic E-state index is -0.961. The lowest BCUT2D eigenvalue weighted by Gasteiger charge is -2.16. The number of hydrogen-bond donors (Lipinski definition) is 0. The molecule has 0 radical (unpaired) electrons. The number of ether oxygens (including phenoxy) is 3. The second kappa shape index (κ2) is 10.3. The van der Waals surface area contributed by atoms with Crippen LogP contribution in [0.3, 0.4) is 0 Å². The molecule has 1 heterocycles. The maximum absolute atomic E-state index is 12.9. The van der Waals surface area contributed by atoms with E-state index in [1.54, 1.807) is 48.2 Å². The van der Waals surface area contributed by atoms with Crippen LogP contribution in [-0.2, 0) is 16.0 Å². The number of nitrogens with zero attached hydrogens (tertiary/aromatic N) is 1. The molecule has 1 atom stereocenters. The van der Waals surface area contributed by atoms with Gasteiger partial charge in [-0.05, 0) is 68.7 Å². The van der Waals surface area contributed by atoms with Crippen molar-refractivity contribution in [3.8, 4) is 11.5 Å². The summed E-state index contributed by atoms with van der Waals surface area (Å²) >= 11 is 0. The Morgan fingerprint density at radius 1 is 1.00 bits per heavy atom. The molecule has 1 aliphatic heterocycles. The molecule has 2 aromatic rings. The van der Waals surface area contributed by atoms with Crippen molar-refractivity contribution in [2.24, 2.45) is 0 Å². The number of rotatable bonds is 9. The molecule has 0 spiro atoms. The summed E-state index contributed by atoms with van der Waals surface area (Å²) in [6.07, 6.45) is 0.582. The van der Waals surface area contributed by atoms with Crippen LogP contribution < -0.4 is 14.4 Å². The highest BCUT2D eigenvalue weighted by Crippen LogP contribution is 2.31. The minimum Gasteiger partial charge on any atom is -0.490 e. The zero-order valence-corrected chi connectivity index (χ0v) is 19.0. The number of amides is 1. The van der Waals surface area contributed by atoms with Crippen molar-refractivity contribution in [3.05, 3.63) is 53.1 Å². The van der Waals surface area contributed by atoms with Crippen molar-refractivity contribution in [2.45, 2.75) is 46.6 Å². The Hall–Kier alpha value is -3.35. The van der Waals surface area contributed by atoms with E-state index in [4.69, 9.17) is 14.2 Å². The van der Waals surface area contributed by atoms with Gasteiger partial charge in [-0.25, -0.2) is 4.79 Å². The molecular weight excluding hydrogens is 410 g/mol. The summed E-state index contributed by atoms with van der Waals surface area (Å²) in [5, 5.41) is 0. The molecule has 32 heavy (non-hydrogen) atoms. The first-order valence-corrected chi connectivity index (χ1v) is 10.9. The summed E-state index contributed by atoms with van der Waals surface area (Å²) < 4.78 is 16.7. The van der Waals surface area contributed by atoms with Crippen LogP contribution in [0.5, 0.6) is 11.5 Å². The van der Waals surface area contributed by atoms with Crippen LogP contribution in [0.1, 0.15) is 60.4 Å². The van der Waals surface area contributed by atoms with Gasteiger partial charge < -0.3 is 19.1 Å². The first-order chi connectivity index (χ1) is 15.3. The average molecular weight is 440 g/mol. The van der Waals surface area contributed by atoms with E-state index < -0.39 is 12.1 Å². The van der Waals surface area contributed by atoms with Gasteiger partial charge >= 0.3 is 5.97 Å². The van der Waals surface area contributed by atoms with Crippen molar-refractivity contribution >= 4 is 23.3 Å². The highest BCUT2D eigenvalue weighted by Gasteiger charge is 2.26. The smallest absolute Gasteiger partial charge is 0.338 e. The van der Waals surface area contributed by atoms with E-state index in [-0.39, 0.29) is 17.3 Å². The SMILES string of the molecule is CCCOc1ccc(C(=O)OC(C)C(=O)c2ccc3c(c2)CCN3C(C)=O)cc1OCC. The Labute approximate surface area is 188 Å². The number of anilines is 1. The van der Waals surface area contributed by atoms with E-state index in [9.17, 15) is 14.4 Å². The van der Waals surface area contributed by atoms with E-state index in [1.165, 1.54) is 6.92 Å². The summed E-state index contributed by atoms with van der Waals surface area (Å²) in [6, 6.07) is 10.1. The first kappa shape index (κ1) is 23.3. The molecule has 2 aromatic carbocycles. The van der Waals surface area contributed by atoms with Gasteiger partial charge in [0.1, 0.15) is 0 Å². The van der Waals surface area contributed by atoms with Crippen molar-refractivity contribution in [1.82, 2.24) is 0 Å². The lowest BCUT2D eigenvalue weighted by Crippen LogP contribution is -2.26. The highest BCUT2D eigenvalue weighted by atomic mass is 16.5. The molecule has 7 heteroatoms. The Balaban J connectivity index is 1.71. The van der Waals surface area contributed by atoms with E-state index in [1.807, 2.05) is 13.8 Å². The lowest BCUT2D eigenvalue weighted by molar-refractivity contribution is -0.116. The minimum absolute atomic E-state index is 0.0253. The molecule has 0 N–H and O–H groups in total. The number of fused-ring (bicyclic) bond motifs is 1. The summed E-state index contributed by atoms with van der Waals surface area (Å²) in [4.78, 5) is 38.9. The third-order valence-corrected chi connectivity index (χ3v) is 5.23. The maximum Gasteiger partial charge on any atom is 0.338 e. The zero-order valence-electron chi connectivity index (χ0n) is 19.0. The second-order valence-electron chi connectivity index (χ2n) is 7.62.